The van der Waals surface area contributed by atoms with Crippen LogP contribution in [0.25, 0.3) is 0 Å². The van der Waals surface area contributed by atoms with Crippen LogP contribution in [-0.2, 0) is 11.3 Å². The summed E-state index contributed by atoms with van der Waals surface area (Å²) in [7, 11) is 1.64. The van der Waals surface area contributed by atoms with Gasteiger partial charge in [0.25, 0.3) is 0 Å². The fraction of sp³-hybridized carbons (Fsp3) is 0.500. The third kappa shape index (κ3) is 4.37. The number of hydrogen-bond acceptors (Lipinski definition) is 3. The molecule has 0 fully saturated rings. The van der Waals surface area contributed by atoms with Crippen molar-refractivity contribution < 1.29 is 9.90 Å². The number of carbonyl (C=O) groups is 1. The molecular weight excluding hydrogens is 228 g/mol. The van der Waals surface area contributed by atoms with E-state index < -0.39 is 0 Å². The lowest BCUT2D eigenvalue weighted by Gasteiger charge is -2.26. The molecule has 0 aliphatic carbocycles. The Labute approximate surface area is 109 Å². The molecule has 0 heterocycles. The van der Waals surface area contributed by atoms with Crippen molar-refractivity contribution in [1.82, 2.24) is 10.2 Å². The Morgan fingerprint density at radius 2 is 2.06 bits per heavy atom. The zero-order valence-corrected chi connectivity index (χ0v) is 11.3. The summed E-state index contributed by atoms with van der Waals surface area (Å²) in [6.07, 6.45) is 0.474. The van der Waals surface area contributed by atoms with Gasteiger partial charge in [0.15, 0.2) is 0 Å². The van der Waals surface area contributed by atoms with Crippen molar-refractivity contribution in [2.24, 2.45) is 0 Å². The van der Waals surface area contributed by atoms with E-state index in [0.29, 0.717) is 31.3 Å². The molecule has 1 aromatic rings. The van der Waals surface area contributed by atoms with E-state index >= 15 is 0 Å². The van der Waals surface area contributed by atoms with E-state index in [9.17, 15) is 9.90 Å². The molecule has 0 aliphatic rings. The van der Waals surface area contributed by atoms with Crippen molar-refractivity contribution in [1.29, 1.82) is 0 Å². The summed E-state index contributed by atoms with van der Waals surface area (Å²) in [5.74, 6) is 0.348. The van der Waals surface area contributed by atoms with Gasteiger partial charge in [-0.2, -0.15) is 0 Å². The van der Waals surface area contributed by atoms with E-state index in [1.54, 1.807) is 13.1 Å². The van der Waals surface area contributed by atoms with E-state index in [-0.39, 0.29) is 5.91 Å². The Hall–Kier alpha value is -1.55. The van der Waals surface area contributed by atoms with E-state index in [1.165, 1.54) is 0 Å². The van der Waals surface area contributed by atoms with Crippen LogP contribution in [0.3, 0.4) is 0 Å². The number of aromatic hydroxyl groups is 1. The molecule has 0 bridgehead atoms. The Bertz CT molecular complexity index is 391. The molecule has 0 spiro atoms. The average molecular weight is 250 g/mol. The first kappa shape index (κ1) is 14.5. The number of benzene rings is 1. The lowest BCUT2D eigenvalue weighted by atomic mass is 10.1. The van der Waals surface area contributed by atoms with Crippen molar-refractivity contribution in [2.75, 3.05) is 13.6 Å². The maximum Gasteiger partial charge on any atom is 0.221 e. The van der Waals surface area contributed by atoms with E-state index in [1.807, 2.05) is 18.2 Å². The van der Waals surface area contributed by atoms with Gasteiger partial charge in [-0.25, -0.2) is 0 Å². The minimum atomic E-state index is 0.0398. The molecule has 4 heteroatoms. The second-order valence-electron chi connectivity index (χ2n) is 4.62. The highest BCUT2D eigenvalue weighted by molar-refractivity contribution is 5.75. The highest BCUT2D eigenvalue weighted by Crippen LogP contribution is 2.18. The largest absolute Gasteiger partial charge is 0.508 e. The minimum absolute atomic E-state index is 0.0398. The molecule has 18 heavy (non-hydrogen) atoms. The predicted molar refractivity (Wildman–Crippen MR) is 72.3 cm³/mol. The van der Waals surface area contributed by atoms with Crippen LogP contribution < -0.4 is 5.32 Å². The first-order valence-corrected chi connectivity index (χ1v) is 6.26. The van der Waals surface area contributed by atoms with E-state index in [4.69, 9.17) is 0 Å². The second kappa shape index (κ2) is 7.01. The fourth-order valence-electron chi connectivity index (χ4n) is 1.75. The number of amides is 1. The van der Waals surface area contributed by atoms with Gasteiger partial charge in [-0.3, -0.25) is 9.69 Å². The van der Waals surface area contributed by atoms with E-state index in [2.05, 4.69) is 24.1 Å². The third-order valence-electron chi connectivity index (χ3n) is 3.00. The zero-order valence-electron chi connectivity index (χ0n) is 11.3. The van der Waals surface area contributed by atoms with Gasteiger partial charge in [0, 0.05) is 38.2 Å². The molecule has 2 N–H and O–H groups in total. The second-order valence-corrected chi connectivity index (χ2v) is 4.62. The number of nitrogens with zero attached hydrogens (tertiary/aromatic N) is 1. The summed E-state index contributed by atoms with van der Waals surface area (Å²) in [4.78, 5) is 13.4. The minimum Gasteiger partial charge on any atom is -0.508 e. The SMILES string of the molecule is CNC(=O)CCN(Cc1ccccc1O)C(C)C. The molecule has 0 radical (unpaired) electrons. The van der Waals surface area contributed by atoms with Crippen molar-refractivity contribution in [2.45, 2.75) is 32.9 Å². The number of phenolic OH excluding ortho intramolecular Hbond substituents is 1. The Balaban J connectivity index is 2.63. The Morgan fingerprint density at radius 1 is 1.39 bits per heavy atom. The summed E-state index contributed by atoms with van der Waals surface area (Å²) in [5.41, 5.74) is 0.892. The molecular formula is C14H22N2O2. The molecule has 0 aliphatic heterocycles. The molecule has 1 amide bonds. The normalized spacial score (nSPS) is 10.9. The van der Waals surface area contributed by atoms with Crippen LogP contribution in [-0.4, -0.2) is 35.5 Å². The molecule has 0 saturated carbocycles. The van der Waals surface area contributed by atoms with Crippen molar-refractivity contribution >= 4 is 5.91 Å². The van der Waals surface area contributed by atoms with Gasteiger partial charge < -0.3 is 10.4 Å². The van der Waals surface area contributed by atoms with Gasteiger partial charge in [-0.1, -0.05) is 18.2 Å². The van der Waals surface area contributed by atoms with Crippen LogP contribution in [0.15, 0.2) is 24.3 Å². The lowest BCUT2D eigenvalue weighted by Crippen LogP contribution is -2.34. The van der Waals surface area contributed by atoms with Crippen LogP contribution >= 0.6 is 0 Å². The molecule has 0 saturated heterocycles. The summed E-state index contributed by atoms with van der Waals surface area (Å²) < 4.78 is 0. The molecule has 0 unspecified atom stereocenters. The average Bonchev–Trinajstić information content (AvgIpc) is 2.35. The van der Waals surface area contributed by atoms with Gasteiger partial charge in [-0.15, -0.1) is 0 Å². The zero-order chi connectivity index (χ0) is 13.5. The summed E-state index contributed by atoms with van der Waals surface area (Å²) in [5, 5.41) is 12.4. The maximum atomic E-state index is 11.3. The van der Waals surface area contributed by atoms with Crippen LogP contribution in [0.4, 0.5) is 0 Å². The highest BCUT2D eigenvalue weighted by atomic mass is 16.3. The Kier molecular flexibility index (Phi) is 5.65. The molecule has 4 nitrogen and oxygen atoms in total. The third-order valence-corrected chi connectivity index (χ3v) is 3.00. The van der Waals surface area contributed by atoms with Crippen molar-refractivity contribution in [3.05, 3.63) is 29.8 Å². The number of para-hydroxylation sites is 1. The number of phenols is 1. The topological polar surface area (TPSA) is 52.6 Å². The van der Waals surface area contributed by atoms with Crippen molar-refractivity contribution in [3.63, 3.8) is 0 Å². The number of rotatable bonds is 6. The lowest BCUT2D eigenvalue weighted by molar-refractivity contribution is -0.121. The predicted octanol–water partition coefficient (Wildman–Crippen LogP) is 1.74. The van der Waals surface area contributed by atoms with Crippen LogP contribution in [0.1, 0.15) is 25.8 Å². The molecule has 0 atom stereocenters. The molecule has 1 rings (SSSR count). The summed E-state index contributed by atoms with van der Waals surface area (Å²) >= 11 is 0. The first-order valence-electron chi connectivity index (χ1n) is 6.26. The molecule has 1 aromatic carbocycles. The van der Waals surface area contributed by atoms with Gasteiger partial charge >= 0.3 is 0 Å². The monoisotopic (exact) mass is 250 g/mol. The van der Waals surface area contributed by atoms with Crippen LogP contribution in [0, 0.1) is 0 Å². The van der Waals surface area contributed by atoms with Gasteiger partial charge in [-0.05, 0) is 19.9 Å². The smallest absolute Gasteiger partial charge is 0.221 e. The quantitative estimate of drug-likeness (QED) is 0.808. The number of hydrogen-bond donors (Lipinski definition) is 2. The number of carbonyl (C=O) groups excluding carboxylic acids is 1. The Morgan fingerprint density at radius 3 is 2.61 bits per heavy atom. The van der Waals surface area contributed by atoms with Crippen LogP contribution in [0.2, 0.25) is 0 Å². The van der Waals surface area contributed by atoms with Crippen LogP contribution in [0.5, 0.6) is 5.75 Å². The standard InChI is InChI=1S/C14H22N2O2/c1-11(2)16(9-8-14(18)15-3)10-12-6-4-5-7-13(12)17/h4-7,11,17H,8-10H2,1-3H3,(H,15,18). The molecule has 0 aromatic heterocycles. The first-order chi connectivity index (χ1) is 8.54. The van der Waals surface area contributed by atoms with Gasteiger partial charge in [0.05, 0.1) is 0 Å². The maximum absolute atomic E-state index is 11.3. The summed E-state index contributed by atoms with van der Waals surface area (Å²) in [6, 6.07) is 7.64. The highest BCUT2D eigenvalue weighted by Gasteiger charge is 2.13. The van der Waals surface area contributed by atoms with Gasteiger partial charge in [0.2, 0.25) is 5.91 Å². The van der Waals surface area contributed by atoms with E-state index in [0.717, 1.165) is 5.56 Å². The molecule has 100 valence electrons. The summed E-state index contributed by atoms with van der Waals surface area (Å²) in [6.45, 7) is 5.51. The fourth-order valence-corrected chi connectivity index (χ4v) is 1.75. The van der Waals surface area contributed by atoms with Gasteiger partial charge in [0.1, 0.15) is 5.75 Å². The van der Waals surface area contributed by atoms with Crippen molar-refractivity contribution in [3.8, 4) is 5.75 Å². The number of nitrogens with one attached hydrogen (secondary N) is 1.